The lowest BCUT2D eigenvalue weighted by Gasteiger charge is -2.36. The summed E-state index contributed by atoms with van der Waals surface area (Å²) in [5, 5.41) is 32.8. The number of amides is 5. The number of benzene rings is 5. The van der Waals surface area contributed by atoms with Gasteiger partial charge in [0.2, 0.25) is 29.5 Å². The smallest absolute Gasteiger partial charge is 0.248 e. The van der Waals surface area contributed by atoms with Gasteiger partial charge in [0, 0.05) is 52.1 Å². The molecule has 1 saturated heterocycles. The Morgan fingerprint density at radius 2 is 1.34 bits per heavy atom. The van der Waals surface area contributed by atoms with Crippen LogP contribution in [-0.4, -0.2) is 159 Å². The van der Waals surface area contributed by atoms with E-state index in [1.165, 1.54) is 16.2 Å². The van der Waals surface area contributed by atoms with Crippen LogP contribution < -0.4 is 26.0 Å². The molecule has 6 aromatic rings. The average Bonchev–Trinajstić information content (AvgIpc) is 4.39. The van der Waals surface area contributed by atoms with Gasteiger partial charge in [-0.1, -0.05) is 79.9 Å². The van der Waals surface area contributed by atoms with Crippen LogP contribution in [0.25, 0.3) is 20.5 Å². The summed E-state index contributed by atoms with van der Waals surface area (Å²) in [6, 6.07) is 34.3. The molecule has 0 spiro atoms. The molecular weight excluding hydrogens is 1080 g/mol. The number of ketones is 1. The fourth-order valence-electron chi connectivity index (χ4n) is 10.7. The first-order valence-electron chi connectivity index (χ1n) is 28.6. The van der Waals surface area contributed by atoms with E-state index in [1.54, 1.807) is 92.6 Å². The Kier molecular flexibility index (Phi) is 22.6. The molecule has 19 heteroatoms. The van der Waals surface area contributed by atoms with Crippen LogP contribution in [0.1, 0.15) is 84.8 Å². The zero-order valence-corrected chi connectivity index (χ0v) is 48.2. The molecule has 4 unspecified atom stereocenters. The Morgan fingerprint density at radius 3 is 2.00 bits per heavy atom. The molecule has 5 aromatic carbocycles. The third kappa shape index (κ3) is 16.5. The first-order chi connectivity index (χ1) is 40.3. The number of nitrogens with one attached hydrogen (secondary N) is 4. The van der Waals surface area contributed by atoms with Crippen molar-refractivity contribution in [3.05, 3.63) is 150 Å². The lowest BCUT2D eigenvalue weighted by Crippen LogP contribution is -2.59. The Hall–Kier alpha value is -7.68. The highest BCUT2D eigenvalue weighted by Gasteiger charge is 2.43. The van der Waals surface area contributed by atoms with Crippen LogP contribution in [0.3, 0.4) is 0 Å². The maximum atomic E-state index is 14.6. The van der Waals surface area contributed by atoms with Crippen LogP contribution in [0.4, 0.5) is 0 Å². The van der Waals surface area contributed by atoms with Gasteiger partial charge in [-0.25, -0.2) is 0 Å². The summed E-state index contributed by atoms with van der Waals surface area (Å²) in [6.07, 6.45) is 5.66. The first kappa shape index (κ1) is 61.4. The SMILES string of the molecule is CNC(C)C(=O)NC(C(=O)N1CCCC1C(=O)NC(C(=O)NCCOCCOCCOCC(=O)N(C)CCOc1ccc(C(=O)c2c(-c3ccc(O)cc3)sc3cc(O)ccc23)cc1)C(c1ccccc1)c1ccccc1)C1CCCCC1. The number of nitrogens with zero attached hydrogens (tertiary/aromatic N) is 2. The van der Waals surface area contributed by atoms with Crippen LogP contribution >= 0.6 is 11.3 Å². The molecule has 2 aliphatic rings. The Bertz CT molecular complexity index is 3060. The molecule has 2 fully saturated rings. The zero-order valence-electron chi connectivity index (χ0n) is 47.4. The second kappa shape index (κ2) is 30.6. The Morgan fingerprint density at radius 1 is 0.699 bits per heavy atom. The highest BCUT2D eigenvalue weighted by atomic mass is 32.1. The van der Waals surface area contributed by atoms with E-state index in [1.807, 2.05) is 60.7 Å². The lowest BCUT2D eigenvalue weighted by molar-refractivity contribution is -0.143. The Balaban J connectivity index is 0.756. The molecule has 1 aromatic heterocycles. The normalized spacial score (nSPS) is 15.6. The van der Waals surface area contributed by atoms with Crippen molar-refractivity contribution in [3.63, 3.8) is 0 Å². The molecule has 1 aliphatic carbocycles. The van der Waals surface area contributed by atoms with Gasteiger partial charge in [-0.05, 0) is 129 Å². The number of ether oxygens (including phenoxy) is 4. The monoisotopic (exact) mass is 1150 g/mol. The molecule has 0 radical (unpaired) electrons. The number of phenols is 2. The Labute approximate surface area is 488 Å². The zero-order chi connectivity index (χ0) is 58.7. The number of hydrogen-bond acceptors (Lipinski definition) is 14. The van der Waals surface area contributed by atoms with Gasteiger partial charge in [0.25, 0.3) is 0 Å². The van der Waals surface area contributed by atoms with E-state index < -0.39 is 41.9 Å². The number of rotatable bonds is 29. The van der Waals surface area contributed by atoms with E-state index in [0.29, 0.717) is 42.8 Å². The molecule has 18 nitrogen and oxygen atoms in total. The van der Waals surface area contributed by atoms with Crippen molar-refractivity contribution in [3.8, 4) is 27.7 Å². The number of hydrogen-bond donors (Lipinski definition) is 6. The number of aromatic hydroxyl groups is 2. The molecule has 6 N–H and O–H groups in total. The van der Waals surface area contributed by atoms with E-state index in [2.05, 4.69) is 21.3 Å². The quantitative estimate of drug-likeness (QED) is 0.0202. The third-order valence-electron chi connectivity index (χ3n) is 15.4. The predicted molar refractivity (Wildman–Crippen MR) is 317 cm³/mol. The molecule has 1 saturated carbocycles. The number of likely N-dealkylation sites (tertiary alicyclic amines) is 1. The average molecular weight is 1150 g/mol. The number of likely N-dealkylation sites (N-methyl/N-ethyl adjacent to an activating group) is 2. The van der Waals surface area contributed by atoms with E-state index in [-0.39, 0.29) is 93.7 Å². The second-order valence-electron chi connectivity index (χ2n) is 21.0. The summed E-state index contributed by atoms with van der Waals surface area (Å²) < 4.78 is 23.7. The van der Waals surface area contributed by atoms with Crippen molar-refractivity contribution in [2.24, 2.45) is 5.92 Å². The molecule has 2 heterocycles. The molecule has 5 amide bonds. The van der Waals surface area contributed by atoms with Gasteiger partial charge < -0.3 is 60.2 Å². The van der Waals surface area contributed by atoms with Gasteiger partial charge in [0.05, 0.1) is 45.6 Å². The van der Waals surface area contributed by atoms with Gasteiger partial charge in [-0.2, -0.15) is 0 Å². The predicted octanol–water partition coefficient (Wildman–Crippen LogP) is 7.19. The van der Waals surface area contributed by atoms with Crippen LogP contribution in [0.5, 0.6) is 17.2 Å². The molecule has 1 aliphatic heterocycles. The van der Waals surface area contributed by atoms with Gasteiger partial charge in [-0.15, -0.1) is 11.3 Å². The van der Waals surface area contributed by atoms with E-state index >= 15 is 0 Å². The van der Waals surface area contributed by atoms with Crippen molar-refractivity contribution < 1.29 is 57.9 Å². The van der Waals surface area contributed by atoms with Crippen LogP contribution in [0.2, 0.25) is 0 Å². The van der Waals surface area contributed by atoms with Gasteiger partial charge in [0.15, 0.2) is 5.78 Å². The number of carbonyl (C=O) groups is 6. The minimum atomic E-state index is -1.06. The van der Waals surface area contributed by atoms with Gasteiger partial charge >= 0.3 is 0 Å². The summed E-state index contributed by atoms with van der Waals surface area (Å²) in [6.45, 7) is 3.64. The largest absolute Gasteiger partial charge is 0.508 e. The van der Waals surface area contributed by atoms with Crippen LogP contribution in [-0.2, 0) is 38.2 Å². The topological polar surface area (TPSA) is 234 Å². The maximum absolute atomic E-state index is 14.6. The van der Waals surface area contributed by atoms with Gasteiger partial charge in [0.1, 0.15) is 48.6 Å². The summed E-state index contributed by atoms with van der Waals surface area (Å²) in [7, 11) is 3.35. The van der Waals surface area contributed by atoms with E-state index in [9.17, 15) is 39.0 Å². The lowest BCUT2D eigenvalue weighted by atomic mass is 9.83. The van der Waals surface area contributed by atoms with Crippen LogP contribution in [0.15, 0.2) is 127 Å². The molecule has 83 heavy (non-hydrogen) atoms. The van der Waals surface area contributed by atoms with E-state index in [4.69, 9.17) is 18.9 Å². The van der Waals surface area contributed by atoms with Crippen molar-refractivity contribution in [1.82, 2.24) is 31.1 Å². The number of phenolic OH excluding ortho intramolecular Hbond substituents is 2. The summed E-state index contributed by atoms with van der Waals surface area (Å²) in [4.78, 5) is 87.2. The molecular formula is C64H76N6O12S. The second-order valence-corrected chi connectivity index (χ2v) is 22.0. The number of carbonyl (C=O) groups excluding carboxylic acids is 6. The molecule has 8 rings (SSSR count). The molecule has 0 bridgehead atoms. The van der Waals surface area contributed by atoms with Crippen molar-refractivity contribution >= 4 is 56.7 Å². The standard InChI is InChI=1S/C64H76N6O12S/c1-42(65-2)61(75)67-57(45-18-11-6-12-19-45)64(78)70-32-13-20-52(70)62(76)68-58(55(43-14-7-4-8-15-43)44-16-9-5-10-17-44)63(77)66-31-34-79-36-37-80-38-39-81-41-54(73)69(3)33-35-82-50-28-23-46(24-29-50)59(74)56-51-30-27-49(72)40-53(51)83-60(56)47-21-25-48(71)26-22-47/h4-5,7-10,14-17,21-30,40,42,45,52,55,57-58,65,71-72H,6,11-13,18-20,31-39,41H2,1-3H3,(H,66,77)(H,67,75)(H,68,76). The summed E-state index contributed by atoms with van der Waals surface area (Å²) >= 11 is 1.39. The molecule has 440 valence electrons. The summed E-state index contributed by atoms with van der Waals surface area (Å²) in [5.41, 5.74) is 3.37. The van der Waals surface area contributed by atoms with Crippen molar-refractivity contribution in [1.29, 1.82) is 0 Å². The third-order valence-corrected chi connectivity index (χ3v) is 16.6. The number of fused-ring (bicyclic) bond motifs is 1. The highest BCUT2D eigenvalue weighted by Crippen LogP contribution is 2.42. The van der Waals surface area contributed by atoms with Gasteiger partial charge in [-0.3, -0.25) is 28.8 Å². The fourth-order valence-corrected chi connectivity index (χ4v) is 11.9. The summed E-state index contributed by atoms with van der Waals surface area (Å²) in [5.74, 6) is -1.69. The minimum absolute atomic E-state index is 0.0406. The number of thiophene rings is 1. The highest BCUT2D eigenvalue weighted by molar-refractivity contribution is 7.22. The fraction of sp³-hybridized carbons (Fsp3) is 0.406. The van der Waals surface area contributed by atoms with E-state index in [0.717, 1.165) is 63.8 Å². The maximum Gasteiger partial charge on any atom is 0.248 e. The van der Waals surface area contributed by atoms with Crippen molar-refractivity contribution in [2.75, 3.05) is 80.0 Å². The first-order valence-corrected chi connectivity index (χ1v) is 29.4. The van der Waals surface area contributed by atoms with Crippen molar-refractivity contribution in [2.45, 2.75) is 82.0 Å². The van der Waals surface area contributed by atoms with Crippen LogP contribution in [0, 0.1) is 5.92 Å². The molecule has 4 atom stereocenters. The minimum Gasteiger partial charge on any atom is -0.508 e.